The quantitative estimate of drug-likeness (QED) is 0.0718. The van der Waals surface area contributed by atoms with E-state index in [1.807, 2.05) is 33.8 Å². The number of rotatable bonds is 10. The Morgan fingerprint density at radius 1 is 0.824 bits per heavy atom. The molecule has 0 aliphatic heterocycles. The van der Waals surface area contributed by atoms with Gasteiger partial charge in [-0.15, -0.1) is 31.5 Å². The first kappa shape index (κ1) is 53.2. The van der Waals surface area contributed by atoms with Gasteiger partial charge < -0.3 is 4.90 Å². The Hall–Kier alpha value is -5.79. The second-order valence-electron chi connectivity index (χ2n) is 18.0. The lowest BCUT2D eigenvalue weighted by atomic mass is 9.59. The van der Waals surface area contributed by atoms with Crippen LogP contribution in [-0.2, 0) is 17.3 Å². The summed E-state index contributed by atoms with van der Waals surface area (Å²) in [6.07, 6.45) is 27.8. The molecule has 0 saturated carbocycles. The molecule has 4 aliphatic carbocycles. The summed E-state index contributed by atoms with van der Waals surface area (Å²) >= 11 is 4.74. The van der Waals surface area contributed by atoms with Crippen LogP contribution in [0.1, 0.15) is 141 Å². The van der Waals surface area contributed by atoms with Crippen molar-refractivity contribution in [2.75, 3.05) is 0 Å². The molecule has 3 unspecified atom stereocenters. The van der Waals surface area contributed by atoms with E-state index >= 15 is 0 Å². The summed E-state index contributed by atoms with van der Waals surface area (Å²) in [5.74, 6) is 0.407. The molecule has 1 spiro atoms. The Morgan fingerprint density at radius 3 is 2.12 bits per heavy atom. The Labute approximate surface area is 418 Å². The number of hydrogen-bond acceptors (Lipinski definition) is 2. The van der Waals surface area contributed by atoms with Crippen molar-refractivity contribution in [3.63, 3.8) is 0 Å². The highest BCUT2D eigenvalue weighted by atomic mass is 32.1. The number of allylic oxidation sites excluding steroid dienone is 12. The summed E-state index contributed by atoms with van der Waals surface area (Å²) in [6.45, 7) is 37.0. The Morgan fingerprint density at radius 2 is 1.49 bits per heavy atom. The largest absolute Gasteiger partial charge is 0.331 e. The number of fused-ring (bicyclic) bond motifs is 7. The van der Waals surface area contributed by atoms with E-state index in [9.17, 15) is 0 Å². The average Bonchev–Trinajstić information content (AvgIpc) is 3.68. The average molecular weight is 918 g/mol. The first-order chi connectivity index (χ1) is 33.1. The molecule has 2 heteroatoms. The van der Waals surface area contributed by atoms with Gasteiger partial charge in [-0.25, -0.2) is 0 Å². The van der Waals surface area contributed by atoms with Crippen LogP contribution in [0.15, 0.2) is 216 Å². The first-order valence-corrected chi connectivity index (χ1v) is 25.8. The van der Waals surface area contributed by atoms with Gasteiger partial charge in [0.2, 0.25) is 0 Å². The molecule has 0 fully saturated rings. The summed E-state index contributed by atoms with van der Waals surface area (Å²) in [6, 6.07) is 34.2. The second-order valence-corrected chi connectivity index (χ2v) is 18.5. The van der Waals surface area contributed by atoms with Crippen LogP contribution >= 0.6 is 12.6 Å². The van der Waals surface area contributed by atoms with Crippen molar-refractivity contribution >= 4 is 18.2 Å². The summed E-state index contributed by atoms with van der Waals surface area (Å²) in [5, 5.41) is 0. The van der Waals surface area contributed by atoms with Crippen molar-refractivity contribution in [1.82, 2.24) is 4.90 Å². The third-order valence-electron chi connectivity index (χ3n) is 14.4. The van der Waals surface area contributed by atoms with Crippen molar-refractivity contribution in [2.45, 2.75) is 136 Å². The van der Waals surface area contributed by atoms with Crippen molar-refractivity contribution in [2.24, 2.45) is 5.92 Å². The number of hydrogen-bond donors (Lipinski definition) is 1. The van der Waals surface area contributed by atoms with Crippen LogP contribution in [0.25, 0.3) is 16.7 Å². The van der Waals surface area contributed by atoms with Crippen LogP contribution in [0.5, 0.6) is 0 Å². The van der Waals surface area contributed by atoms with Crippen molar-refractivity contribution in [3.05, 3.63) is 245 Å². The molecule has 0 saturated heterocycles. The van der Waals surface area contributed by atoms with Gasteiger partial charge in [-0.3, -0.25) is 0 Å². The Balaban J connectivity index is 0.00000139. The molecule has 4 aromatic carbocycles. The third kappa shape index (κ3) is 10.2. The van der Waals surface area contributed by atoms with E-state index in [1.54, 1.807) is 0 Å². The zero-order valence-corrected chi connectivity index (χ0v) is 44.1. The van der Waals surface area contributed by atoms with Gasteiger partial charge in [0.15, 0.2) is 0 Å². The zero-order valence-electron chi connectivity index (χ0n) is 43.2. The standard InChI is InChI=1S/C60H63NS.2C2H6.C2H4/c1-9-46-36-32-42(6)60(55-30-19-18-29-54(55)59(46,7)8)53-28-17-16-27-51(53)52-39-35-45(40-56(52)60)43-33-37-48(38-34-43)61(47(10-2)25-21-24-44-23-14-20-31-58(44)62)57(12-4)49(11-3)50-26-15-13-22-41(50)5;3*1-2/h11-14,16-23,25,27-33,35-36,39-40,46,48,62H,2,6,9,15,24,26,34,37-38H2,1,3-5,7-8H3;2*1-2H3;1-2H2/b25-21-,36-32-,49-11-,57-12+;;;. The number of thiol groups is 1. The molecule has 0 amide bonds. The van der Waals surface area contributed by atoms with Crippen LogP contribution < -0.4 is 0 Å². The summed E-state index contributed by atoms with van der Waals surface area (Å²) in [4.78, 5) is 3.55. The van der Waals surface area contributed by atoms with E-state index in [0.29, 0.717) is 5.92 Å². The Kier molecular flexibility index (Phi) is 19.1. The molecule has 354 valence electrons. The fraction of sp³-hybridized carbons (Fsp3) is 0.318. The number of nitrogens with zero attached hydrogens (tertiary/aromatic N) is 1. The lowest BCUT2D eigenvalue weighted by molar-refractivity contribution is 0.307. The van der Waals surface area contributed by atoms with Crippen LogP contribution in [0.2, 0.25) is 0 Å². The third-order valence-corrected chi connectivity index (χ3v) is 14.9. The highest BCUT2D eigenvalue weighted by molar-refractivity contribution is 7.80. The van der Waals surface area contributed by atoms with Gasteiger partial charge >= 0.3 is 0 Å². The van der Waals surface area contributed by atoms with Gasteiger partial charge in [-0.1, -0.05) is 189 Å². The maximum absolute atomic E-state index is 4.94. The van der Waals surface area contributed by atoms with Crippen LogP contribution in [0, 0.1) is 5.92 Å². The lowest BCUT2D eigenvalue weighted by Gasteiger charge is -2.43. The smallest absolute Gasteiger partial charge is 0.0837 e. The molecule has 3 atom stereocenters. The molecule has 0 bridgehead atoms. The maximum Gasteiger partial charge on any atom is 0.0837 e. The van der Waals surface area contributed by atoms with Crippen molar-refractivity contribution in [1.29, 1.82) is 0 Å². The molecule has 68 heavy (non-hydrogen) atoms. The van der Waals surface area contributed by atoms with Crippen molar-refractivity contribution in [3.8, 4) is 11.1 Å². The van der Waals surface area contributed by atoms with Gasteiger partial charge in [0.05, 0.1) is 11.1 Å². The SMILES string of the molecule is C=C.C=C=C(/C=C\Cc1ccccc1S)N(C(=C/C)/C(=C\C)C1=C(C)C=CCC1)C1CC=C(c2ccc3c(c2)C2(C(=C)/C=C\C(CC)C(C)(C)c4ccccc42)c2ccccc2-3)CC1.CC.CC. The first-order valence-electron chi connectivity index (χ1n) is 25.3. The van der Waals surface area contributed by atoms with Gasteiger partial charge in [0.1, 0.15) is 0 Å². The van der Waals surface area contributed by atoms with Crippen LogP contribution in [0.3, 0.4) is 0 Å². The molecule has 4 aliphatic rings. The highest BCUT2D eigenvalue weighted by Gasteiger charge is 2.50. The predicted octanol–water partition coefficient (Wildman–Crippen LogP) is 18.8. The minimum Gasteiger partial charge on any atom is -0.331 e. The zero-order chi connectivity index (χ0) is 49.6. The highest BCUT2D eigenvalue weighted by Crippen LogP contribution is 2.59. The minimum atomic E-state index is -0.492. The normalized spacial score (nSPS) is 20.6. The lowest BCUT2D eigenvalue weighted by Crippen LogP contribution is -2.37. The predicted molar refractivity (Wildman–Crippen MR) is 302 cm³/mol. The van der Waals surface area contributed by atoms with E-state index in [4.69, 9.17) is 19.2 Å². The number of benzene rings is 4. The van der Waals surface area contributed by atoms with Gasteiger partial charge in [-0.2, -0.15) is 0 Å². The van der Waals surface area contributed by atoms with Crippen LogP contribution in [0.4, 0.5) is 0 Å². The van der Waals surface area contributed by atoms with Gasteiger partial charge in [0, 0.05) is 16.6 Å². The topological polar surface area (TPSA) is 3.24 Å². The fourth-order valence-corrected chi connectivity index (χ4v) is 11.4. The molecule has 0 radical (unpaired) electrons. The van der Waals surface area contributed by atoms with E-state index in [2.05, 4.69) is 212 Å². The molecule has 0 N–H and O–H groups in total. The Bertz CT molecular complexity index is 2700. The second kappa shape index (κ2) is 24.5. The summed E-state index contributed by atoms with van der Waals surface area (Å²) in [7, 11) is 0. The molecule has 4 aromatic rings. The molecule has 8 rings (SSSR count). The molecule has 0 heterocycles. The molecular weight excluding hydrogens is 839 g/mol. The fourth-order valence-electron chi connectivity index (χ4n) is 11.2. The summed E-state index contributed by atoms with van der Waals surface area (Å²) in [5.41, 5.74) is 22.3. The van der Waals surface area contributed by atoms with Crippen molar-refractivity contribution < 1.29 is 0 Å². The van der Waals surface area contributed by atoms with E-state index < -0.39 is 5.41 Å². The maximum atomic E-state index is 4.94. The minimum absolute atomic E-state index is 0.0514. The van der Waals surface area contributed by atoms with E-state index in [1.165, 1.54) is 72.5 Å². The van der Waals surface area contributed by atoms with Gasteiger partial charge in [-0.05, 0) is 168 Å². The van der Waals surface area contributed by atoms with E-state index in [-0.39, 0.29) is 11.5 Å². The monoisotopic (exact) mass is 918 g/mol. The van der Waals surface area contributed by atoms with Gasteiger partial charge in [0.25, 0.3) is 0 Å². The summed E-state index contributed by atoms with van der Waals surface area (Å²) < 4.78 is 0. The molecule has 0 aromatic heterocycles. The molecular formula is C66H79NS. The van der Waals surface area contributed by atoms with E-state index in [0.717, 1.165) is 61.1 Å². The molecule has 1 nitrogen and oxygen atoms in total. The van der Waals surface area contributed by atoms with Crippen LogP contribution in [-0.4, -0.2) is 10.9 Å².